The van der Waals surface area contributed by atoms with Crippen molar-refractivity contribution in [1.29, 1.82) is 0 Å². The molecule has 0 heterocycles. The predicted octanol–water partition coefficient (Wildman–Crippen LogP) is 3.09. The lowest BCUT2D eigenvalue weighted by Crippen LogP contribution is -2.13. The Hall–Kier alpha value is -0.820. The summed E-state index contributed by atoms with van der Waals surface area (Å²) in [6, 6.07) is 9.17. The van der Waals surface area contributed by atoms with Crippen LogP contribution in [0.25, 0.3) is 0 Å². The summed E-state index contributed by atoms with van der Waals surface area (Å²) in [4.78, 5) is 0. The molecule has 0 aromatic heterocycles. The Labute approximate surface area is 92.7 Å². The SMILES string of the molecule is CC(CN)Cc1ccc(C2CCC2)cc1. The minimum absolute atomic E-state index is 0.597. The van der Waals surface area contributed by atoms with E-state index in [0.29, 0.717) is 5.92 Å². The van der Waals surface area contributed by atoms with Crippen LogP contribution in [0.4, 0.5) is 0 Å². The van der Waals surface area contributed by atoms with Crippen molar-refractivity contribution in [2.75, 3.05) is 6.54 Å². The fraction of sp³-hybridized carbons (Fsp3) is 0.571. The predicted molar refractivity (Wildman–Crippen MR) is 65.0 cm³/mol. The van der Waals surface area contributed by atoms with Gasteiger partial charge in [-0.25, -0.2) is 0 Å². The third-order valence-electron chi connectivity index (χ3n) is 3.54. The van der Waals surface area contributed by atoms with Crippen LogP contribution in [0.15, 0.2) is 24.3 Å². The van der Waals surface area contributed by atoms with Crippen LogP contribution in [-0.2, 0) is 6.42 Å². The van der Waals surface area contributed by atoms with E-state index in [2.05, 4.69) is 31.2 Å². The van der Waals surface area contributed by atoms with E-state index < -0.39 is 0 Å². The van der Waals surface area contributed by atoms with Crippen molar-refractivity contribution >= 4 is 0 Å². The van der Waals surface area contributed by atoms with Gasteiger partial charge >= 0.3 is 0 Å². The highest BCUT2D eigenvalue weighted by Crippen LogP contribution is 2.36. The van der Waals surface area contributed by atoms with Crippen molar-refractivity contribution in [3.05, 3.63) is 35.4 Å². The molecule has 0 aliphatic heterocycles. The highest BCUT2D eigenvalue weighted by molar-refractivity contribution is 5.26. The molecule has 0 bridgehead atoms. The molecule has 1 unspecified atom stereocenters. The molecule has 0 saturated heterocycles. The average molecular weight is 203 g/mol. The van der Waals surface area contributed by atoms with Crippen molar-refractivity contribution in [2.45, 2.75) is 38.5 Å². The molecule has 2 N–H and O–H groups in total. The Kier molecular flexibility index (Phi) is 3.42. The van der Waals surface area contributed by atoms with Crippen LogP contribution < -0.4 is 5.73 Å². The van der Waals surface area contributed by atoms with E-state index in [1.807, 2.05) is 0 Å². The molecule has 1 nitrogen and oxygen atoms in total. The molecule has 0 amide bonds. The Morgan fingerprint density at radius 2 is 1.93 bits per heavy atom. The summed E-state index contributed by atoms with van der Waals surface area (Å²) in [5.74, 6) is 1.45. The van der Waals surface area contributed by atoms with Crippen molar-refractivity contribution in [3.63, 3.8) is 0 Å². The molecule has 2 rings (SSSR count). The first-order chi connectivity index (χ1) is 7.29. The van der Waals surface area contributed by atoms with Crippen LogP contribution in [0.1, 0.15) is 43.2 Å². The molecule has 0 spiro atoms. The second kappa shape index (κ2) is 4.80. The van der Waals surface area contributed by atoms with E-state index in [1.54, 1.807) is 0 Å². The maximum absolute atomic E-state index is 5.63. The van der Waals surface area contributed by atoms with Gasteiger partial charge in [-0.1, -0.05) is 37.6 Å². The van der Waals surface area contributed by atoms with Gasteiger partial charge in [0, 0.05) is 0 Å². The molecule has 1 fully saturated rings. The quantitative estimate of drug-likeness (QED) is 0.799. The molecule has 1 aromatic carbocycles. The smallest absolute Gasteiger partial charge is 0.00483 e. The topological polar surface area (TPSA) is 26.0 Å². The molecule has 82 valence electrons. The van der Waals surface area contributed by atoms with E-state index in [1.165, 1.54) is 30.4 Å². The number of benzene rings is 1. The minimum atomic E-state index is 0.597. The van der Waals surface area contributed by atoms with Gasteiger partial charge in [0.25, 0.3) is 0 Å². The average Bonchev–Trinajstić information content (AvgIpc) is 2.18. The Morgan fingerprint density at radius 3 is 2.40 bits per heavy atom. The van der Waals surface area contributed by atoms with Crippen molar-refractivity contribution in [2.24, 2.45) is 11.7 Å². The summed E-state index contributed by atoms with van der Waals surface area (Å²) in [5, 5.41) is 0. The highest BCUT2D eigenvalue weighted by Gasteiger charge is 2.18. The summed E-state index contributed by atoms with van der Waals surface area (Å²) >= 11 is 0. The molecule has 1 saturated carbocycles. The molecule has 1 aliphatic rings. The van der Waals surface area contributed by atoms with Gasteiger partial charge in [-0.05, 0) is 48.8 Å². The first-order valence-corrected chi connectivity index (χ1v) is 6.08. The molecule has 0 radical (unpaired) electrons. The summed E-state index contributed by atoms with van der Waals surface area (Å²) in [7, 11) is 0. The van der Waals surface area contributed by atoms with Gasteiger partial charge in [-0.15, -0.1) is 0 Å². The number of nitrogens with two attached hydrogens (primary N) is 1. The molecule has 1 aliphatic carbocycles. The molecular weight excluding hydrogens is 182 g/mol. The third kappa shape index (κ3) is 2.60. The van der Waals surface area contributed by atoms with Crippen LogP contribution in [0.3, 0.4) is 0 Å². The maximum atomic E-state index is 5.63. The monoisotopic (exact) mass is 203 g/mol. The lowest BCUT2D eigenvalue weighted by atomic mass is 9.80. The summed E-state index contributed by atoms with van der Waals surface area (Å²) < 4.78 is 0. The largest absolute Gasteiger partial charge is 0.330 e. The molecule has 1 aromatic rings. The van der Waals surface area contributed by atoms with E-state index in [9.17, 15) is 0 Å². The molecule has 15 heavy (non-hydrogen) atoms. The standard InChI is InChI=1S/C14H21N/c1-11(10-15)9-12-5-7-14(8-6-12)13-3-2-4-13/h5-8,11,13H,2-4,9-10,15H2,1H3. The van der Waals surface area contributed by atoms with Crippen LogP contribution in [0.2, 0.25) is 0 Å². The fourth-order valence-corrected chi connectivity index (χ4v) is 2.15. The normalized spacial score (nSPS) is 18.5. The zero-order valence-electron chi connectivity index (χ0n) is 9.58. The summed E-state index contributed by atoms with van der Waals surface area (Å²) in [5.41, 5.74) is 8.59. The van der Waals surface area contributed by atoms with Crippen LogP contribution in [0, 0.1) is 5.92 Å². The molecule has 1 heteroatoms. The first kappa shape index (κ1) is 10.7. The Bertz CT molecular complexity index is 298. The number of hydrogen-bond acceptors (Lipinski definition) is 1. The third-order valence-corrected chi connectivity index (χ3v) is 3.54. The van der Waals surface area contributed by atoms with Gasteiger partial charge < -0.3 is 5.73 Å². The van der Waals surface area contributed by atoms with Crippen LogP contribution in [-0.4, -0.2) is 6.54 Å². The van der Waals surface area contributed by atoms with E-state index in [0.717, 1.165) is 18.9 Å². The van der Waals surface area contributed by atoms with Crippen LogP contribution >= 0.6 is 0 Å². The van der Waals surface area contributed by atoms with Gasteiger partial charge in [-0.3, -0.25) is 0 Å². The van der Waals surface area contributed by atoms with Gasteiger partial charge in [0.05, 0.1) is 0 Å². The second-order valence-corrected chi connectivity index (χ2v) is 4.91. The van der Waals surface area contributed by atoms with Crippen molar-refractivity contribution in [1.82, 2.24) is 0 Å². The van der Waals surface area contributed by atoms with E-state index in [-0.39, 0.29) is 0 Å². The van der Waals surface area contributed by atoms with Gasteiger partial charge in [0.2, 0.25) is 0 Å². The van der Waals surface area contributed by atoms with E-state index in [4.69, 9.17) is 5.73 Å². The highest BCUT2D eigenvalue weighted by atomic mass is 14.5. The van der Waals surface area contributed by atoms with Gasteiger partial charge in [0.1, 0.15) is 0 Å². The minimum Gasteiger partial charge on any atom is -0.330 e. The molecular formula is C14H21N. The van der Waals surface area contributed by atoms with Crippen molar-refractivity contribution in [3.8, 4) is 0 Å². The number of rotatable bonds is 4. The van der Waals surface area contributed by atoms with Crippen LogP contribution in [0.5, 0.6) is 0 Å². The van der Waals surface area contributed by atoms with Crippen molar-refractivity contribution < 1.29 is 0 Å². The Morgan fingerprint density at radius 1 is 1.27 bits per heavy atom. The van der Waals surface area contributed by atoms with Gasteiger partial charge in [0.15, 0.2) is 0 Å². The van der Waals surface area contributed by atoms with E-state index >= 15 is 0 Å². The Balaban J connectivity index is 1.97. The second-order valence-electron chi connectivity index (χ2n) is 4.91. The summed E-state index contributed by atoms with van der Waals surface area (Å²) in [6.45, 7) is 2.99. The zero-order chi connectivity index (χ0) is 10.7. The number of hydrogen-bond donors (Lipinski definition) is 1. The lowest BCUT2D eigenvalue weighted by Gasteiger charge is -2.25. The lowest BCUT2D eigenvalue weighted by molar-refractivity contribution is 0.419. The zero-order valence-corrected chi connectivity index (χ0v) is 9.58. The molecule has 1 atom stereocenters. The first-order valence-electron chi connectivity index (χ1n) is 6.08. The maximum Gasteiger partial charge on any atom is -0.00483 e. The van der Waals surface area contributed by atoms with Gasteiger partial charge in [-0.2, -0.15) is 0 Å². The summed E-state index contributed by atoms with van der Waals surface area (Å²) in [6.07, 6.45) is 5.30. The fourth-order valence-electron chi connectivity index (χ4n) is 2.15.